The first kappa shape index (κ1) is 10.8. The Morgan fingerprint density at radius 3 is 2.76 bits per heavy atom. The molecular formula is C15H19NO. The van der Waals surface area contributed by atoms with Crippen LogP contribution in [0.5, 0.6) is 0 Å². The maximum absolute atomic E-state index is 5.85. The van der Waals surface area contributed by atoms with E-state index in [9.17, 15) is 0 Å². The molecule has 1 saturated carbocycles. The Morgan fingerprint density at radius 1 is 1.24 bits per heavy atom. The number of rotatable bonds is 1. The normalized spacial score (nSPS) is 32.3. The fourth-order valence-corrected chi connectivity index (χ4v) is 3.35. The highest BCUT2D eigenvalue weighted by molar-refractivity contribution is 5.83. The topological polar surface area (TPSA) is 21.6 Å². The van der Waals surface area contributed by atoms with Crippen LogP contribution in [0.25, 0.3) is 0 Å². The molecule has 2 nitrogen and oxygen atoms in total. The molecule has 2 aliphatic rings. The maximum atomic E-state index is 5.85. The molecule has 0 N–H and O–H groups in total. The first-order valence-corrected chi connectivity index (χ1v) is 6.57. The molecule has 2 atom stereocenters. The van der Waals surface area contributed by atoms with Gasteiger partial charge in [0.15, 0.2) is 0 Å². The lowest BCUT2D eigenvalue weighted by Crippen LogP contribution is -2.39. The largest absolute Gasteiger partial charge is 0.388 e. The van der Waals surface area contributed by atoms with Crippen LogP contribution in [0.2, 0.25) is 0 Å². The van der Waals surface area contributed by atoms with Crippen molar-refractivity contribution in [2.45, 2.75) is 50.5 Å². The Balaban J connectivity index is 1.91. The molecule has 0 amide bonds. The molecule has 2 heteroatoms. The van der Waals surface area contributed by atoms with Crippen molar-refractivity contribution in [3.63, 3.8) is 0 Å². The highest BCUT2D eigenvalue weighted by Crippen LogP contribution is 2.47. The van der Waals surface area contributed by atoms with Crippen LogP contribution in [0, 0.1) is 0 Å². The summed E-state index contributed by atoms with van der Waals surface area (Å²) in [6.07, 6.45) is 5.96. The van der Waals surface area contributed by atoms with Gasteiger partial charge in [-0.2, -0.15) is 0 Å². The molecule has 2 unspecified atom stereocenters. The molecule has 1 aromatic carbocycles. The van der Waals surface area contributed by atoms with Gasteiger partial charge in [-0.3, -0.25) is 0 Å². The third-order valence-electron chi connectivity index (χ3n) is 4.12. The SMILES string of the molecule is CC1=NOC2(CCCCC2c2ccccc2)C1. The van der Waals surface area contributed by atoms with Gasteiger partial charge in [-0.25, -0.2) is 0 Å². The third kappa shape index (κ3) is 1.86. The molecule has 0 bridgehead atoms. The zero-order valence-corrected chi connectivity index (χ0v) is 10.4. The summed E-state index contributed by atoms with van der Waals surface area (Å²) in [6.45, 7) is 2.07. The van der Waals surface area contributed by atoms with Crippen molar-refractivity contribution in [2.75, 3.05) is 0 Å². The summed E-state index contributed by atoms with van der Waals surface area (Å²) < 4.78 is 0. The molecule has 0 saturated heterocycles. The van der Waals surface area contributed by atoms with Gasteiger partial charge in [0.25, 0.3) is 0 Å². The molecule has 1 fully saturated rings. The highest BCUT2D eigenvalue weighted by Gasteiger charge is 2.47. The number of nitrogens with zero attached hydrogens (tertiary/aromatic N) is 1. The lowest BCUT2D eigenvalue weighted by molar-refractivity contribution is -0.0616. The minimum Gasteiger partial charge on any atom is -0.388 e. The van der Waals surface area contributed by atoms with Gasteiger partial charge >= 0.3 is 0 Å². The Kier molecular flexibility index (Phi) is 2.65. The van der Waals surface area contributed by atoms with Crippen LogP contribution in [-0.4, -0.2) is 11.3 Å². The van der Waals surface area contributed by atoms with Crippen LogP contribution >= 0.6 is 0 Å². The second-order valence-corrected chi connectivity index (χ2v) is 5.37. The first-order valence-electron chi connectivity index (χ1n) is 6.57. The van der Waals surface area contributed by atoms with Gasteiger partial charge in [-0.15, -0.1) is 0 Å². The molecule has 1 heterocycles. The van der Waals surface area contributed by atoms with E-state index in [0.717, 1.165) is 18.6 Å². The predicted octanol–water partition coefficient (Wildman–Crippen LogP) is 3.88. The minimum atomic E-state index is -0.0380. The third-order valence-corrected chi connectivity index (χ3v) is 4.12. The molecule has 0 aromatic heterocycles. The molecule has 3 rings (SSSR count). The smallest absolute Gasteiger partial charge is 0.149 e. The molecule has 0 radical (unpaired) electrons. The van der Waals surface area contributed by atoms with Crippen LogP contribution in [0.15, 0.2) is 35.5 Å². The van der Waals surface area contributed by atoms with E-state index in [1.54, 1.807) is 0 Å². The van der Waals surface area contributed by atoms with E-state index in [2.05, 4.69) is 42.4 Å². The van der Waals surface area contributed by atoms with E-state index in [1.165, 1.54) is 24.8 Å². The highest BCUT2D eigenvalue weighted by atomic mass is 16.7. The van der Waals surface area contributed by atoms with Gasteiger partial charge in [0.2, 0.25) is 0 Å². The van der Waals surface area contributed by atoms with Crippen LogP contribution < -0.4 is 0 Å². The van der Waals surface area contributed by atoms with Crippen LogP contribution in [0.4, 0.5) is 0 Å². The average molecular weight is 229 g/mol. The second-order valence-electron chi connectivity index (χ2n) is 5.37. The number of hydrogen-bond donors (Lipinski definition) is 0. The number of oxime groups is 1. The lowest BCUT2D eigenvalue weighted by atomic mass is 9.70. The van der Waals surface area contributed by atoms with Crippen molar-refractivity contribution in [1.82, 2.24) is 0 Å². The second kappa shape index (κ2) is 4.17. The van der Waals surface area contributed by atoms with Gasteiger partial charge in [0.1, 0.15) is 5.60 Å². The molecule has 17 heavy (non-hydrogen) atoms. The van der Waals surface area contributed by atoms with Crippen LogP contribution in [0.3, 0.4) is 0 Å². The van der Waals surface area contributed by atoms with E-state index >= 15 is 0 Å². The zero-order chi connectivity index (χ0) is 11.7. The summed E-state index contributed by atoms with van der Waals surface area (Å²) in [5.41, 5.74) is 2.52. The fourth-order valence-electron chi connectivity index (χ4n) is 3.35. The summed E-state index contributed by atoms with van der Waals surface area (Å²) in [5, 5.41) is 4.21. The summed E-state index contributed by atoms with van der Waals surface area (Å²) in [5.74, 6) is 0.513. The van der Waals surface area contributed by atoms with Gasteiger partial charge in [0.05, 0.1) is 5.71 Å². The molecule has 1 spiro atoms. The van der Waals surface area contributed by atoms with E-state index in [1.807, 2.05) is 0 Å². The van der Waals surface area contributed by atoms with E-state index in [-0.39, 0.29) is 5.60 Å². The molecule has 90 valence electrons. The Bertz CT molecular complexity index is 426. The van der Waals surface area contributed by atoms with E-state index < -0.39 is 0 Å². The minimum absolute atomic E-state index is 0.0380. The molecular weight excluding hydrogens is 210 g/mol. The fraction of sp³-hybridized carbons (Fsp3) is 0.533. The summed E-state index contributed by atoms with van der Waals surface area (Å²) >= 11 is 0. The average Bonchev–Trinajstić information content (AvgIpc) is 2.73. The Morgan fingerprint density at radius 2 is 2.06 bits per heavy atom. The maximum Gasteiger partial charge on any atom is 0.149 e. The Hall–Kier alpha value is -1.31. The molecule has 1 aliphatic heterocycles. The molecule has 1 aliphatic carbocycles. The monoisotopic (exact) mass is 229 g/mol. The van der Waals surface area contributed by atoms with Crippen LogP contribution in [-0.2, 0) is 4.84 Å². The quantitative estimate of drug-likeness (QED) is 0.716. The van der Waals surface area contributed by atoms with Gasteiger partial charge < -0.3 is 4.84 Å². The van der Waals surface area contributed by atoms with Gasteiger partial charge in [0, 0.05) is 12.3 Å². The van der Waals surface area contributed by atoms with Crippen molar-refractivity contribution >= 4 is 5.71 Å². The van der Waals surface area contributed by atoms with Gasteiger partial charge in [-0.05, 0) is 31.7 Å². The van der Waals surface area contributed by atoms with Gasteiger partial charge in [-0.1, -0.05) is 41.9 Å². The summed E-state index contributed by atoms with van der Waals surface area (Å²) in [4.78, 5) is 5.85. The van der Waals surface area contributed by atoms with Crippen molar-refractivity contribution in [2.24, 2.45) is 5.16 Å². The summed E-state index contributed by atoms with van der Waals surface area (Å²) in [7, 11) is 0. The van der Waals surface area contributed by atoms with E-state index in [4.69, 9.17) is 4.84 Å². The van der Waals surface area contributed by atoms with E-state index in [0.29, 0.717) is 5.92 Å². The van der Waals surface area contributed by atoms with Crippen LogP contribution in [0.1, 0.15) is 50.5 Å². The summed E-state index contributed by atoms with van der Waals surface area (Å²) in [6, 6.07) is 10.8. The molecule has 1 aromatic rings. The van der Waals surface area contributed by atoms with Crippen molar-refractivity contribution in [3.05, 3.63) is 35.9 Å². The van der Waals surface area contributed by atoms with Crippen molar-refractivity contribution in [3.8, 4) is 0 Å². The first-order chi connectivity index (χ1) is 8.30. The lowest BCUT2D eigenvalue weighted by Gasteiger charge is -2.39. The number of benzene rings is 1. The predicted molar refractivity (Wildman–Crippen MR) is 69.2 cm³/mol. The van der Waals surface area contributed by atoms with Crippen molar-refractivity contribution in [1.29, 1.82) is 0 Å². The van der Waals surface area contributed by atoms with Crippen molar-refractivity contribution < 1.29 is 4.84 Å². The number of hydrogen-bond acceptors (Lipinski definition) is 2. The standard InChI is InChI=1S/C15H19NO/c1-12-11-15(17-16-12)10-6-5-9-14(15)13-7-3-2-4-8-13/h2-4,7-8,14H,5-6,9-11H2,1H3. The zero-order valence-electron chi connectivity index (χ0n) is 10.4. The Labute approximate surface area is 103 Å².